The summed E-state index contributed by atoms with van der Waals surface area (Å²) >= 11 is 1.56. The van der Waals surface area contributed by atoms with Crippen LogP contribution in [0.2, 0.25) is 0 Å². The highest BCUT2D eigenvalue weighted by Crippen LogP contribution is 2.35. The second-order valence-corrected chi connectivity index (χ2v) is 4.84. The molecule has 2 nitrogen and oxygen atoms in total. The number of hydrogen-bond acceptors (Lipinski definition) is 3. The molecule has 2 rings (SSSR count). The predicted molar refractivity (Wildman–Crippen MR) is 66.3 cm³/mol. The average Bonchev–Trinajstić information content (AvgIpc) is 2.55. The van der Waals surface area contributed by atoms with Crippen molar-refractivity contribution < 1.29 is 4.79 Å². The predicted octanol–water partition coefficient (Wildman–Crippen LogP) is 3.09. The van der Waals surface area contributed by atoms with Crippen LogP contribution in [0.3, 0.4) is 0 Å². The number of thiophene rings is 1. The molecule has 0 spiro atoms. The van der Waals surface area contributed by atoms with Crippen LogP contribution in [-0.4, -0.2) is 20.4 Å². The van der Waals surface area contributed by atoms with Gasteiger partial charge in [-0.2, -0.15) is 0 Å². The van der Waals surface area contributed by atoms with Crippen LogP contribution >= 0.6 is 11.3 Å². The Morgan fingerprint density at radius 3 is 2.67 bits per heavy atom. The lowest BCUT2D eigenvalue weighted by molar-refractivity contribution is 0.112. The fraction of sp³-hybridized carbons (Fsp3) is 0.250. The monoisotopic (exact) mass is 219 g/mol. The smallest absolute Gasteiger partial charge is 0.160 e. The Bertz CT molecular complexity index is 514. The van der Waals surface area contributed by atoms with Crippen molar-refractivity contribution in [3.8, 4) is 0 Å². The first kappa shape index (κ1) is 10.2. The number of aldehydes is 1. The summed E-state index contributed by atoms with van der Waals surface area (Å²) in [5, 5.41) is 1.20. The van der Waals surface area contributed by atoms with Crippen molar-refractivity contribution in [2.45, 2.75) is 6.92 Å². The van der Waals surface area contributed by atoms with Crippen LogP contribution in [0.15, 0.2) is 18.2 Å². The van der Waals surface area contributed by atoms with Crippen molar-refractivity contribution in [2.75, 3.05) is 19.0 Å². The normalized spacial score (nSPS) is 10.6. The Hall–Kier alpha value is -1.35. The average molecular weight is 219 g/mol. The van der Waals surface area contributed by atoms with Gasteiger partial charge >= 0.3 is 0 Å². The molecule has 0 saturated heterocycles. The molecule has 3 heteroatoms. The Labute approximate surface area is 93.1 Å². The molecule has 0 saturated carbocycles. The first-order valence-corrected chi connectivity index (χ1v) is 5.61. The number of rotatable bonds is 2. The summed E-state index contributed by atoms with van der Waals surface area (Å²) < 4.78 is 1.18. The van der Waals surface area contributed by atoms with Gasteiger partial charge in [-0.15, -0.1) is 11.3 Å². The van der Waals surface area contributed by atoms with E-state index in [1.54, 1.807) is 11.3 Å². The number of nitrogens with zero attached hydrogens (tertiary/aromatic N) is 1. The van der Waals surface area contributed by atoms with Gasteiger partial charge < -0.3 is 4.90 Å². The van der Waals surface area contributed by atoms with E-state index in [0.717, 1.165) is 16.7 Å². The largest absolute Gasteiger partial charge is 0.377 e. The van der Waals surface area contributed by atoms with Crippen molar-refractivity contribution >= 4 is 33.4 Å². The van der Waals surface area contributed by atoms with Gasteiger partial charge in [-0.1, -0.05) is 6.07 Å². The molecule has 0 amide bonds. The van der Waals surface area contributed by atoms with Crippen molar-refractivity contribution in [3.63, 3.8) is 0 Å². The number of benzene rings is 1. The van der Waals surface area contributed by atoms with E-state index in [4.69, 9.17) is 0 Å². The van der Waals surface area contributed by atoms with Gasteiger partial charge in [0.25, 0.3) is 0 Å². The van der Waals surface area contributed by atoms with E-state index in [1.165, 1.54) is 15.8 Å². The molecule has 0 unspecified atom stereocenters. The van der Waals surface area contributed by atoms with E-state index in [0.29, 0.717) is 0 Å². The molecular weight excluding hydrogens is 206 g/mol. The summed E-state index contributed by atoms with van der Waals surface area (Å²) in [7, 11) is 4.04. The van der Waals surface area contributed by atoms with Crippen molar-refractivity contribution in [1.82, 2.24) is 0 Å². The van der Waals surface area contributed by atoms with E-state index in [-0.39, 0.29) is 0 Å². The summed E-state index contributed by atoms with van der Waals surface area (Å²) in [6, 6.07) is 6.17. The van der Waals surface area contributed by atoms with Crippen LogP contribution in [0.25, 0.3) is 10.1 Å². The second-order valence-electron chi connectivity index (χ2n) is 3.75. The van der Waals surface area contributed by atoms with E-state index < -0.39 is 0 Å². The third kappa shape index (κ3) is 1.53. The first-order chi connectivity index (χ1) is 7.15. The Balaban J connectivity index is 2.84. The quantitative estimate of drug-likeness (QED) is 0.723. The van der Waals surface area contributed by atoms with E-state index in [2.05, 4.69) is 17.0 Å². The SMILES string of the molecule is Cc1c(C=O)sc2cccc(N(C)C)c12. The minimum absolute atomic E-state index is 0.833. The lowest BCUT2D eigenvalue weighted by Crippen LogP contribution is -2.08. The molecule has 0 atom stereocenters. The van der Waals surface area contributed by atoms with Gasteiger partial charge in [-0.3, -0.25) is 4.79 Å². The van der Waals surface area contributed by atoms with Gasteiger partial charge in [0.15, 0.2) is 6.29 Å². The zero-order chi connectivity index (χ0) is 11.0. The molecule has 78 valence electrons. The van der Waals surface area contributed by atoms with Crippen molar-refractivity contribution in [3.05, 3.63) is 28.6 Å². The third-order valence-corrected chi connectivity index (χ3v) is 3.74. The molecule has 0 fully saturated rings. The van der Waals surface area contributed by atoms with Crippen LogP contribution in [0.4, 0.5) is 5.69 Å². The van der Waals surface area contributed by atoms with Crippen molar-refractivity contribution in [1.29, 1.82) is 0 Å². The van der Waals surface area contributed by atoms with Gasteiger partial charge in [-0.25, -0.2) is 0 Å². The molecule has 1 aromatic carbocycles. The molecule has 1 heterocycles. The van der Waals surface area contributed by atoms with Crippen LogP contribution in [0.5, 0.6) is 0 Å². The maximum absolute atomic E-state index is 10.9. The molecule has 0 aliphatic rings. The molecule has 0 N–H and O–H groups in total. The highest BCUT2D eigenvalue weighted by molar-refractivity contribution is 7.20. The zero-order valence-corrected chi connectivity index (χ0v) is 9.89. The second kappa shape index (κ2) is 3.66. The number of carbonyl (C=O) groups is 1. The van der Waals surface area contributed by atoms with E-state index in [9.17, 15) is 4.79 Å². The molecule has 15 heavy (non-hydrogen) atoms. The summed E-state index contributed by atoms with van der Waals surface area (Å²) in [5.74, 6) is 0. The maximum atomic E-state index is 10.9. The summed E-state index contributed by atoms with van der Waals surface area (Å²) in [4.78, 5) is 13.8. The fourth-order valence-electron chi connectivity index (χ4n) is 1.78. The number of hydrogen-bond donors (Lipinski definition) is 0. The highest BCUT2D eigenvalue weighted by atomic mass is 32.1. The molecule has 0 aliphatic carbocycles. The van der Waals surface area contributed by atoms with Gasteiger partial charge in [0, 0.05) is 29.9 Å². The zero-order valence-electron chi connectivity index (χ0n) is 9.07. The van der Waals surface area contributed by atoms with Crippen molar-refractivity contribution in [2.24, 2.45) is 0 Å². The third-order valence-electron chi connectivity index (χ3n) is 2.56. The molecule has 2 aromatic rings. The number of fused-ring (bicyclic) bond motifs is 1. The van der Waals surface area contributed by atoms with Gasteiger partial charge in [-0.05, 0) is 24.6 Å². The molecule has 1 aromatic heterocycles. The highest BCUT2D eigenvalue weighted by Gasteiger charge is 2.11. The standard InChI is InChI=1S/C12H13NOS/c1-8-11(7-14)15-10-6-4-5-9(12(8)10)13(2)3/h4-7H,1-3H3. The van der Waals surface area contributed by atoms with Crippen LogP contribution in [0, 0.1) is 6.92 Å². The Morgan fingerprint density at radius 1 is 1.33 bits per heavy atom. The van der Waals surface area contributed by atoms with Gasteiger partial charge in [0.05, 0.1) is 4.88 Å². The fourth-order valence-corrected chi connectivity index (χ4v) is 2.83. The lowest BCUT2D eigenvalue weighted by atomic mass is 10.1. The molecule has 0 radical (unpaired) electrons. The minimum atomic E-state index is 0.833. The van der Waals surface area contributed by atoms with E-state index >= 15 is 0 Å². The number of carbonyl (C=O) groups excluding carboxylic acids is 1. The molecule has 0 aliphatic heterocycles. The molecule has 0 bridgehead atoms. The summed E-state index contributed by atoms with van der Waals surface area (Å²) in [6.45, 7) is 2.01. The lowest BCUT2D eigenvalue weighted by Gasteiger charge is -2.14. The van der Waals surface area contributed by atoms with Gasteiger partial charge in [0.2, 0.25) is 0 Å². The maximum Gasteiger partial charge on any atom is 0.160 e. The summed E-state index contributed by atoms with van der Waals surface area (Å²) in [5.41, 5.74) is 2.27. The minimum Gasteiger partial charge on any atom is -0.377 e. The number of anilines is 1. The van der Waals surface area contributed by atoms with Crippen LogP contribution in [0.1, 0.15) is 15.2 Å². The summed E-state index contributed by atoms with van der Waals surface area (Å²) in [6.07, 6.45) is 0.944. The topological polar surface area (TPSA) is 20.3 Å². The first-order valence-electron chi connectivity index (χ1n) is 4.79. The van der Waals surface area contributed by atoms with E-state index in [1.807, 2.05) is 27.1 Å². The Morgan fingerprint density at radius 2 is 2.07 bits per heavy atom. The number of aryl methyl sites for hydroxylation is 1. The van der Waals surface area contributed by atoms with Crippen LogP contribution < -0.4 is 4.90 Å². The van der Waals surface area contributed by atoms with Gasteiger partial charge in [0.1, 0.15) is 0 Å². The Kier molecular flexibility index (Phi) is 2.49. The molecular formula is C12H13NOS. The van der Waals surface area contributed by atoms with Crippen LogP contribution in [-0.2, 0) is 0 Å².